The predicted octanol–water partition coefficient (Wildman–Crippen LogP) is 1.55. The van der Waals surface area contributed by atoms with Crippen LogP contribution in [0.1, 0.15) is 12.5 Å². The molecule has 0 heterocycles. The summed E-state index contributed by atoms with van der Waals surface area (Å²) in [5.74, 6) is 0. The first-order valence-corrected chi connectivity index (χ1v) is 7.64. The molecule has 2 aromatic carbocycles. The Kier molecular flexibility index (Phi) is 4.13. The van der Waals surface area contributed by atoms with Crippen LogP contribution in [0.2, 0.25) is 0 Å². The van der Waals surface area contributed by atoms with E-state index in [0.717, 1.165) is 5.56 Å². The van der Waals surface area contributed by atoms with Crippen LogP contribution >= 0.6 is 0 Å². The van der Waals surface area contributed by atoms with Crippen LogP contribution in [0.5, 0.6) is 0 Å². The van der Waals surface area contributed by atoms with Gasteiger partial charge in [0.25, 0.3) is 10.0 Å². The molecule has 0 aliphatic rings. The smallest absolute Gasteiger partial charge is 0.276 e. The maximum atomic E-state index is 12.1. The number of rotatable bonds is 4. The van der Waals surface area contributed by atoms with Gasteiger partial charge >= 0.3 is 0 Å². The number of nitrogen functional groups attached to an aromatic ring is 2. The van der Waals surface area contributed by atoms with E-state index >= 15 is 0 Å². The summed E-state index contributed by atoms with van der Waals surface area (Å²) >= 11 is 0. The Morgan fingerprint density at radius 2 is 1.43 bits per heavy atom. The van der Waals surface area contributed by atoms with Crippen molar-refractivity contribution in [2.45, 2.75) is 11.8 Å². The number of hydrogen-bond acceptors (Lipinski definition) is 5. The fraction of sp³-hybridized carbons (Fsp3) is 0.0714. The molecular formula is C14H16N4O2S. The van der Waals surface area contributed by atoms with Crippen molar-refractivity contribution in [3.05, 3.63) is 54.1 Å². The summed E-state index contributed by atoms with van der Waals surface area (Å²) in [6.07, 6.45) is 0. The second-order valence-corrected chi connectivity index (χ2v) is 6.14. The normalized spacial score (nSPS) is 12.1. The molecule has 110 valence electrons. The molecule has 0 saturated carbocycles. The van der Waals surface area contributed by atoms with Crippen LogP contribution in [0, 0.1) is 0 Å². The molecule has 0 saturated heterocycles. The number of nitrogens with zero attached hydrogens (tertiary/aromatic N) is 1. The van der Waals surface area contributed by atoms with Crippen LogP contribution in [-0.2, 0) is 10.0 Å². The average Bonchev–Trinajstić information content (AvgIpc) is 2.46. The van der Waals surface area contributed by atoms with E-state index in [9.17, 15) is 8.42 Å². The van der Waals surface area contributed by atoms with Crippen molar-refractivity contribution < 1.29 is 8.42 Å². The van der Waals surface area contributed by atoms with E-state index < -0.39 is 10.0 Å². The Labute approximate surface area is 123 Å². The minimum atomic E-state index is -3.71. The molecular weight excluding hydrogens is 288 g/mol. The van der Waals surface area contributed by atoms with E-state index in [1.165, 1.54) is 24.3 Å². The Hall–Kier alpha value is -2.54. The summed E-state index contributed by atoms with van der Waals surface area (Å²) < 4.78 is 24.1. The summed E-state index contributed by atoms with van der Waals surface area (Å²) in [7, 11) is -3.71. The highest BCUT2D eigenvalue weighted by Gasteiger charge is 2.12. The molecule has 0 atom stereocenters. The third kappa shape index (κ3) is 3.73. The summed E-state index contributed by atoms with van der Waals surface area (Å²) in [5, 5.41) is 3.90. The van der Waals surface area contributed by atoms with Gasteiger partial charge in [-0.15, -0.1) is 0 Å². The van der Waals surface area contributed by atoms with Gasteiger partial charge in [0.1, 0.15) is 0 Å². The first-order valence-electron chi connectivity index (χ1n) is 6.16. The highest BCUT2D eigenvalue weighted by Crippen LogP contribution is 2.12. The number of hydrogen-bond donors (Lipinski definition) is 3. The van der Waals surface area contributed by atoms with E-state index in [1.54, 1.807) is 31.2 Å². The van der Waals surface area contributed by atoms with E-state index in [-0.39, 0.29) is 4.90 Å². The molecule has 0 radical (unpaired) electrons. The van der Waals surface area contributed by atoms with Gasteiger partial charge < -0.3 is 11.5 Å². The minimum Gasteiger partial charge on any atom is -0.399 e. The van der Waals surface area contributed by atoms with Crippen molar-refractivity contribution in [1.29, 1.82) is 0 Å². The van der Waals surface area contributed by atoms with Crippen molar-refractivity contribution in [3.63, 3.8) is 0 Å². The zero-order valence-corrected chi connectivity index (χ0v) is 12.3. The van der Waals surface area contributed by atoms with Crippen LogP contribution in [0.25, 0.3) is 0 Å². The highest BCUT2D eigenvalue weighted by atomic mass is 32.2. The Bertz CT molecular complexity index is 751. The van der Waals surface area contributed by atoms with Crippen molar-refractivity contribution in [1.82, 2.24) is 4.83 Å². The summed E-state index contributed by atoms with van der Waals surface area (Å²) in [6, 6.07) is 12.9. The molecule has 5 N–H and O–H groups in total. The lowest BCUT2D eigenvalue weighted by Gasteiger charge is -2.06. The standard InChI is InChI=1S/C14H16N4O2S/c1-10(11-2-4-12(15)5-3-11)17-18-21(19,20)14-8-6-13(16)7-9-14/h2-9,18H,15-16H2,1H3/b17-10+. The van der Waals surface area contributed by atoms with Gasteiger partial charge in [0.05, 0.1) is 10.6 Å². The van der Waals surface area contributed by atoms with E-state index in [4.69, 9.17) is 11.5 Å². The Balaban J connectivity index is 2.18. The molecule has 0 spiro atoms. The van der Waals surface area contributed by atoms with Gasteiger partial charge in [0, 0.05) is 11.4 Å². The molecule has 0 aliphatic carbocycles. The van der Waals surface area contributed by atoms with Gasteiger partial charge in [0.2, 0.25) is 0 Å². The van der Waals surface area contributed by atoms with Crippen LogP contribution in [-0.4, -0.2) is 14.1 Å². The van der Waals surface area contributed by atoms with Gasteiger partial charge in [-0.1, -0.05) is 12.1 Å². The fourth-order valence-corrected chi connectivity index (χ4v) is 2.47. The molecule has 0 unspecified atom stereocenters. The first-order chi connectivity index (χ1) is 9.88. The largest absolute Gasteiger partial charge is 0.399 e. The number of nitrogens with one attached hydrogen (secondary N) is 1. The highest BCUT2D eigenvalue weighted by molar-refractivity contribution is 7.89. The van der Waals surface area contributed by atoms with Crippen LogP contribution in [0.4, 0.5) is 11.4 Å². The minimum absolute atomic E-state index is 0.102. The van der Waals surface area contributed by atoms with Gasteiger partial charge in [0.15, 0.2) is 0 Å². The molecule has 0 amide bonds. The zero-order valence-electron chi connectivity index (χ0n) is 11.4. The molecule has 0 fully saturated rings. The van der Waals surface area contributed by atoms with Crippen molar-refractivity contribution in [2.24, 2.45) is 5.10 Å². The van der Waals surface area contributed by atoms with Crippen molar-refractivity contribution in [3.8, 4) is 0 Å². The molecule has 0 bridgehead atoms. The fourth-order valence-electron chi connectivity index (χ4n) is 1.62. The zero-order chi connectivity index (χ0) is 15.5. The second kappa shape index (κ2) is 5.84. The third-order valence-electron chi connectivity index (χ3n) is 2.85. The lowest BCUT2D eigenvalue weighted by molar-refractivity contribution is 0.584. The maximum absolute atomic E-state index is 12.1. The van der Waals surface area contributed by atoms with E-state index in [2.05, 4.69) is 9.93 Å². The van der Waals surface area contributed by atoms with E-state index in [0.29, 0.717) is 17.1 Å². The molecule has 2 rings (SSSR count). The monoisotopic (exact) mass is 304 g/mol. The molecule has 2 aromatic rings. The van der Waals surface area contributed by atoms with E-state index in [1.807, 2.05) is 0 Å². The number of anilines is 2. The SMILES string of the molecule is C/C(=N\NS(=O)(=O)c1ccc(N)cc1)c1ccc(N)cc1. The van der Waals surface area contributed by atoms with Gasteiger partial charge in [-0.2, -0.15) is 18.4 Å². The number of sulfonamides is 1. The average molecular weight is 304 g/mol. The summed E-state index contributed by atoms with van der Waals surface area (Å²) in [6.45, 7) is 1.71. The Morgan fingerprint density at radius 3 is 1.95 bits per heavy atom. The molecule has 6 nitrogen and oxygen atoms in total. The topological polar surface area (TPSA) is 111 Å². The lowest BCUT2D eigenvalue weighted by atomic mass is 10.1. The molecule has 0 aliphatic heterocycles. The lowest BCUT2D eigenvalue weighted by Crippen LogP contribution is -2.20. The van der Waals surface area contributed by atoms with Gasteiger partial charge in [-0.05, 0) is 48.9 Å². The maximum Gasteiger partial charge on any atom is 0.276 e. The van der Waals surface area contributed by atoms with Crippen LogP contribution < -0.4 is 16.3 Å². The predicted molar refractivity (Wildman–Crippen MR) is 84.2 cm³/mol. The number of benzene rings is 2. The van der Waals surface area contributed by atoms with Crippen molar-refractivity contribution >= 4 is 27.1 Å². The van der Waals surface area contributed by atoms with Gasteiger partial charge in [-0.25, -0.2) is 0 Å². The second-order valence-electron chi connectivity index (χ2n) is 4.48. The van der Waals surface area contributed by atoms with Crippen LogP contribution in [0.3, 0.4) is 0 Å². The molecule has 21 heavy (non-hydrogen) atoms. The third-order valence-corrected chi connectivity index (χ3v) is 4.08. The molecule has 0 aromatic heterocycles. The van der Waals surface area contributed by atoms with Gasteiger partial charge in [-0.3, -0.25) is 0 Å². The summed E-state index contributed by atoms with van der Waals surface area (Å²) in [4.78, 5) is 2.30. The number of hydrazone groups is 1. The Morgan fingerprint density at radius 1 is 0.952 bits per heavy atom. The van der Waals surface area contributed by atoms with Crippen LogP contribution in [0.15, 0.2) is 58.5 Å². The number of nitrogens with two attached hydrogens (primary N) is 2. The quantitative estimate of drug-likeness (QED) is 0.452. The first kappa shape index (κ1) is 14.9. The van der Waals surface area contributed by atoms with Crippen molar-refractivity contribution in [2.75, 3.05) is 11.5 Å². The molecule has 7 heteroatoms. The summed E-state index contributed by atoms with van der Waals surface area (Å²) in [5.41, 5.74) is 13.6.